The molecule has 2 nitrogen and oxygen atoms in total. The van der Waals surface area contributed by atoms with Crippen molar-refractivity contribution in [2.24, 2.45) is 0 Å². The smallest absolute Gasteiger partial charge is 0.129 e. The molecule has 0 spiro atoms. The highest BCUT2D eigenvalue weighted by Crippen LogP contribution is 2.19. The van der Waals surface area contributed by atoms with E-state index < -0.39 is 0 Å². The molecule has 0 aromatic heterocycles. The fraction of sp³-hybridized carbons (Fsp3) is 0.500. The van der Waals surface area contributed by atoms with E-state index >= 15 is 0 Å². The molecule has 1 aliphatic rings. The largest absolute Gasteiger partial charge is 0.496 e. The van der Waals surface area contributed by atoms with Crippen LogP contribution in [0.2, 0.25) is 0 Å². The third-order valence-corrected chi connectivity index (χ3v) is 1.44. The minimum atomic E-state index is 0.134. The SMILES string of the molecule is C=CCC(OC=C)C1CO1. The second-order valence-electron chi connectivity index (χ2n) is 2.24. The summed E-state index contributed by atoms with van der Waals surface area (Å²) in [5.74, 6) is 0. The molecule has 0 aliphatic carbocycles. The van der Waals surface area contributed by atoms with Gasteiger partial charge in [-0.2, -0.15) is 0 Å². The van der Waals surface area contributed by atoms with Crippen LogP contribution in [0.5, 0.6) is 0 Å². The monoisotopic (exact) mass is 140 g/mol. The molecule has 0 saturated carbocycles. The van der Waals surface area contributed by atoms with E-state index in [0.29, 0.717) is 0 Å². The zero-order valence-corrected chi connectivity index (χ0v) is 5.95. The van der Waals surface area contributed by atoms with E-state index in [2.05, 4.69) is 13.2 Å². The second-order valence-corrected chi connectivity index (χ2v) is 2.24. The molecule has 0 aromatic rings. The van der Waals surface area contributed by atoms with Crippen LogP contribution in [-0.4, -0.2) is 18.8 Å². The fourth-order valence-electron chi connectivity index (χ4n) is 0.853. The molecule has 1 rings (SSSR count). The number of hydrogen-bond donors (Lipinski definition) is 0. The van der Waals surface area contributed by atoms with Gasteiger partial charge in [-0.3, -0.25) is 0 Å². The third kappa shape index (κ3) is 1.88. The van der Waals surface area contributed by atoms with Gasteiger partial charge in [-0.25, -0.2) is 0 Å². The van der Waals surface area contributed by atoms with Gasteiger partial charge in [0, 0.05) is 6.42 Å². The molecule has 0 radical (unpaired) electrons. The summed E-state index contributed by atoms with van der Waals surface area (Å²) < 4.78 is 10.2. The lowest BCUT2D eigenvalue weighted by Gasteiger charge is -2.10. The number of ether oxygens (including phenoxy) is 2. The Hall–Kier alpha value is -0.760. The summed E-state index contributed by atoms with van der Waals surface area (Å²) in [5.41, 5.74) is 0. The van der Waals surface area contributed by atoms with E-state index in [-0.39, 0.29) is 12.2 Å². The van der Waals surface area contributed by atoms with Crippen LogP contribution in [0.4, 0.5) is 0 Å². The van der Waals surface area contributed by atoms with Gasteiger partial charge < -0.3 is 9.47 Å². The van der Waals surface area contributed by atoms with E-state index in [1.807, 2.05) is 6.08 Å². The Morgan fingerprint density at radius 1 is 1.70 bits per heavy atom. The number of rotatable bonds is 5. The summed E-state index contributed by atoms with van der Waals surface area (Å²) in [7, 11) is 0. The van der Waals surface area contributed by atoms with Crippen molar-refractivity contribution in [1.82, 2.24) is 0 Å². The van der Waals surface area contributed by atoms with E-state index in [0.717, 1.165) is 13.0 Å². The van der Waals surface area contributed by atoms with Crippen LogP contribution in [-0.2, 0) is 9.47 Å². The van der Waals surface area contributed by atoms with Crippen molar-refractivity contribution in [3.05, 3.63) is 25.5 Å². The van der Waals surface area contributed by atoms with E-state index in [9.17, 15) is 0 Å². The second kappa shape index (κ2) is 3.42. The highest BCUT2D eigenvalue weighted by molar-refractivity contribution is 4.86. The zero-order chi connectivity index (χ0) is 7.40. The van der Waals surface area contributed by atoms with Gasteiger partial charge in [0.05, 0.1) is 12.9 Å². The summed E-state index contributed by atoms with van der Waals surface area (Å²) in [6.07, 6.45) is 4.52. The molecule has 1 fully saturated rings. The molecule has 0 aromatic carbocycles. The van der Waals surface area contributed by atoms with Gasteiger partial charge in [-0.05, 0) is 0 Å². The van der Waals surface area contributed by atoms with E-state index in [4.69, 9.17) is 9.47 Å². The maximum atomic E-state index is 5.17. The predicted octanol–water partition coefficient (Wildman–Crippen LogP) is 1.49. The minimum absolute atomic E-state index is 0.134. The predicted molar refractivity (Wildman–Crippen MR) is 39.6 cm³/mol. The first-order chi connectivity index (χ1) is 4.88. The maximum Gasteiger partial charge on any atom is 0.129 e. The average molecular weight is 140 g/mol. The van der Waals surface area contributed by atoms with Crippen LogP contribution in [0.1, 0.15) is 6.42 Å². The molecule has 56 valence electrons. The van der Waals surface area contributed by atoms with Crippen LogP contribution in [0.25, 0.3) is 0 Å². The summed E-state index contributed by atoms with van der Waals surface area (Å²) in [6, 6.07) is 0. The average Bonchev–Trinajstić information content (AvgIpc) is 2.69. The molecule has 2 atom stereocenters. The quantitative estimate of drug-likeness (QED) is 0.328. The standard InChI is InChI=1S/C8H12O2/c1-3-5-7(9-4-2)8-6-10-8/h3-4,7-8H,1-2,5-6H2. The molecule has 1 aliphatic heterocycles. The van der Waals surface area contributed by atoms with Crippen molar-refractivity contribution in [3.8, 4) is 0 Å². The minimum Gasteiger partial charge on any atom is -0.496 e. The lowest BCUT2D eigenvalue weighted by atomic mass is 10.2. The van der Waals surface area contributed by atoms with Gasteiger partial charge >= 0.3 is 0 Å². The van der Waals surface area contributed by atoms with Gasteiger partial charge in [-0.1, -0.05) is 12.7 Å². The first-order valence-electron chi connectivity index (χ1n) is 3.37. The number of epoxide rings is 1. The third-order valence-electron chi connectivity index (χ3n) is 1.44. The van der Waals surface area contributed by atoms with E-state index in [1.165, 1.54) is 6.26 Å². The summed E-state index contributed by atoms with van der Waals surface area (Å²) in [6.45, 7) is 7.92. The lowest BCUT2D eigenvalue weighted by Crippen LogP contribution is -2.15. The van der Waals surface area contributed by atoms with Crippen LogP contribution in [0.15, 0.2) is 25.5 Å². The Bertz CT molecular complexity index is 117. The van der Waals surface area contributed by atoms with Gasteiger partial charge in [-0.15, -0.1) is 6.58 Å². The van der Waals surface area contributed by atoms with Crippen molar-refractivity contribution in [2.75, 3.05) is 6.61 Å². The Kier molecular flexibility index (Phi) is 2.51. The molecule has 1 saturated heterocycles. The van der Waals surface area contributed by atoms with Crippen molar-refractivity contribution in [1.29, 1.82) is 0 Å². The van der Waals surface area contributed by atoms with Crippen LogP contribution in [0, 0.1) is 0 Å². The molecule has 0 amide bonds. The van der Waals surface area contributed by atoms with Gasteiger partial charge in [0.15, 0.2) is 0 Å². The highest BCUT2D eigenvalue weighted by atomic mass is 16.6. The van der Waals surface area contributed by atoms with Crippen molar-refractivity contribution in [3.63, 3.8) is 0 Å². The maximum absolute atomic E-state index is 5.17. The van der Waals surface area contributed by atoms with Crippen molar-refractivity contribution < 1.29 is 9.47 Å². The topological polar surface area (TPSA) is 21.8 Å². The fourth-order valence-corrected chi connectivity index (χ4v) is 0.853. The molecular formula is C8H12O2. The lowest BCUT2D eigenvalue weighted by molar-refractivity contribution is 0.115. The van der Waals surface area contributed by atoms with Gasteiger partial charge in [0.1, 0.15) is 12.2 Å². The van der Waals surface area contributed by atoms with Crippen LogP contribution >= 0.6 is 0 Å². The summed E-state index contributed by atoms with van der Waals surface area (Å²) in [4.78, 5) is 0. The molecule has 1 heterocycles. The van der Waals surface area contributed by atoms with Crippen molar-refractivity contribution >= 4 is 0 Å². The van der Waals surface area contributed by atoms with Crippen LogP contribution < -0.4 is 0 Å². The summed E-state index contributed by atoms with van der Waals surface area (Å²) in [5, 5.41) is 0. The Morgan fingerprint density at radius 3 is 2.80 bits per heavy atom. The first-order valence-corrected chi connectivity index (χ1v) is 3.37. The molecule has 2 unspecified atom stereocenters. The van der Waals surface area contributed by atoms with Gasteiger partial charge in [0.2, 0.25) is 0 Å². The molecular weight excluding hydrogens is 128 g/mol. The van der Waals surface area contributed by atoms with E-state index in [1.54, 1.807) is 0 Å². The molecule has 2 heteroatoms. The zero-order valence-electron chi connectivity index (χ0n) is 5.95. The normalized spacial score (nSPS) is 25.0. The van der Waals surface area contributed by atoms with Gasteiger partial charge in [0.25, 0.3) is 0 Å². The highest BCUT2D eigenvalue weighted by Gasteiger charge is 2.32. The Labute approximate surface area is 61.1 Å². The summed E-state index contributed by atoms with van der Waals surface area (Å²) >= 11 is 0. The molecule has 0 N–H and O–H groups in total. The van der Waals surface area contributed by atoms with Crippen molar-refractivity contribution in [2.45, 2.75) is 18.6 Å². The Morgan fingerprint density at radius 2 is 2.40 bits per heavy atom. The Balaban J connectivity index is 2.25. The molecule has 0 bridgehead atoms. The van der Waals surface area contributed by atoms with Crippen LogP contribution in [0.3, 0.4) is 0 Å². The number of hydrogen-bond acceptors (Lipinski definition) is 2. The first kappa shape index (κ1) is 7.35. The molecule has 10 heavy (non-hydrogen) atoms.